The van der Waals surface area contributed by atoms with Gasteiger partial charge in [0.2, 0.25) is 15.9 Å². The molecule has 1 atom stereocenters. The predicted octanol–water partition coefficient (Wildman–Crippen LogP) is 0.476. The molecule has 1 aromatic rings. The van der Waals surface area contributed by atoms with Crippen molar-refractivity contribution in [2.45, 2.75) is 31.2 Å². The van der Waals surface area contributed by atoms with Gasteiger partial charge in [0.25, 0.3) is 0 Å². The molecule has 0 radical (unpaired) electrons. The largest absolute Gasteiger partial charge is 0.399 e. The fraction of sp³-hybridized carbons (Fsp3) is 0.462. The van der Waals surface area contributed by atoms with Crippen LogP contribution in [0.2, 0.25) is 0 Å². The van der Waals surface area contributed by atoms with Crippen LogP contribution in [-0.2, 0) is 14.8 Å². The van der Waals surface area contributed by atoms with E-state index in [1.165, 1.54) is 10.4 Å². The van der Waals surface area contributed by atoms with Crippen LogP contribution in [0, 0.1) is 6.92 Å². The third-order valence-electron chi connectivity index (χ3n) is 3.45. The number of hydrogen-bond acceptors (Lipinski definition) is 4. The molecular formula is C13H19N3O3S. The summed E-state index contributed by atoms with van der Waals surface area (Å²) in [6, 6.07) is 4.03. The molecular weight excluding hydrogens is 278 g/mol. The molecule has 1 heterocycles. The Hall–Kier alpha value is -1.60. The average molecular weight is 297 g/mol. The van der Waals surface area contributed by atoms with E-state index in [0.717, 1.165) is 0 Å². The van der Waals surface area contributed by atoms with Crippen LogP contribution in [0.5, 0.6) is 0 Å². The minimum absolute atomic E-state index is 0.208. The Morgan fingerprint density at radius 1 is 1.45 bits per heavy atom. The quantitative estimate of drug-likeness (QED) is 0.794. The first-order valence-corrected chi connectivity index (χ1v) is 7.97. The Morgan fingerprint density at radius 2 is 2.15 bits per heavy atom. The number of amides is 1. The van der Waals surface area contributed by atoms with Gasteiger partial charge in [-0.05, 0) is 37.1 Å². The van der Waals surface area contributed by atoms with E-state index in [0.29, 0.717) is 24.2 Å². The molecule has 2 rings (SSSR count). The van der Waals surface area contributed by atoms with Gasteiger partial charge in [-0.3, -0.25) is 4.79 Å². The van der Waals surface area contributed by atoms with E-state index in [2.05, 4.69) is 5.32 Å². The molecule has 1 aromatic carbocycles. The summed E-state index contributed by atoms with van der Waals surface area (Å²) in [6.45, 7) is 4.13. The second-order valence-electron chi connectivity index (χ2n) is 4.86. The molecule has 1 aliphatic rings. The second-order valence-corrected chi connectivity index (χ2v) is 6.71. The first-order chi connectivity index (χ1) is 9.37. The Bertz CT molecular complexity index is 628. The molecule has 0 saturated carbocycles. The molecule has 3 N–H and O–H groups in total. The first-order valence-electron chi connectivity index (χ1n) is 6.53. The normalized spacial score (nSPS) is 20.7. The number of nitrogens with zero attached hydrogens (tertiary/aromatic N) is 1. The number of piperazine rings is 1. The average Bonchev–Trinajstić information content (AvgIpc) is 2.37. The molecule has 7 heteroatoms. The SMILES string of the molecule is CCC1C(=O)NCCN1S(=O)(=O)c1ccc(N)cc1C. The van der Waals surface area contributed by atoms with Gasteiger partial charge in [-0.1, -0.05) is 6.92 Å². The third-order valence-corrected chi connectivity index (χ3v) is 5.52. The summed E-state index contributed by atoms with van der Waals surface area (Å²) in [5.41, 5.74) is 6.76. The lowest BCUT2D eigenvalue weighted by Crippen LogP contribution is -2.56. The van der Waals surface area contributed by atoms with Gasteiger partial charge in [-0.15, -0.1) is 0 Å². The molecule has 1 aliphatic heterocycles. The van der Waals surface area contributed by atoms with Crippen LogP contribution in [0.1, 0.15) is 18.9 Å². The molecule has 0 bridgehead atoms. The van der Waals surface area contributed by atoms with E-state index in [4.69, 9.17) is 5.73 Å². The maximum absolute atomic E-state index is 12.7. The lowest BCUT2D eigenvalue weighted by atomic mass is 10.2. The highest BCUT2D eigenvalue weighted by Gasteiger charge is 2.37. The fourth-order valence-electron chi connectivity index (χ4n) is 2.46. The Morgan fingerprint density at radius 3 is 2.75 bits per heavy atom. The van der Waals surface area contributed by atoms with Gasteiger partial charge in [0.05, 0.1) is 4.90 Å². The van der Waals surface area contributed by atoms with Crippen LogP contribution in [0.15, 0.2) is 23.1 Å². The molecule has 1 unspecified atom stereocenters. The van der Waals surface area contributed by atoms with Gasteiger partial charge in [-0.25, -0.2) is 8.42 Å². The van der Waals surface area contributed by atoms with E-state index in [-0.39, 0.29) is 17.3 Å². The number of carbonyl (C=O) groups is 1. The number of nitrogen functional groups attached to an aromatic ring is 1. The van der Waals surface area contributed by atoms with Crippen LogP contribution < -0.4 is 11.1 Å². The minimum Gasteiger partial charge on any atom is -0.399 e. The van der Waals surface area contributed by atoms with Gasteiger partial charge in [0.1, 0.15) is 6.04 Å². The van der Waals surface area contributed by atoms with Crippen molar-refractivity contribution in [3.8, 4) is 0 Å². The summed E-state index contributed by atoms with van der Waals surface area (Å²) in [4.78, 5) is 12.0. The Balaban J connectivity index is 2.45. The van der Waals surface area contributed by atoms with Crippen molar-refractivity contribution < 1.29 is 13.2 Å². The number of rotatable bonds is 3. The summed E-state index contributed by atoms with van der Waals surface area (Å²) in [6.07, 6.45) is 0.444. The van der Waals surface area contributed by atoms with Crippen molar-refractivity contribution in [3.63, 3.8) is 0 Å². The van der Waals surface area contributed by atoms with Gasteiger partial charge in [0.15, 0.2) is 0 Å². The minimum atomic E-state index is -3.69. The van der Waals surface area contributed by atoms with E-state index in [1.807, 2.05) is 0 Å². The molecule has 1 saturated heterocycles. The topological polar surface area (TPSA) is 92.5 Å². The number of aryl methyl sites for hydroxylation is 1. The number of anilines is 1. The molecule has 1 fully saturated rings. The summed E-state index contributed by atoms with van der Waals surface area (Å²) in [5, 5.41) is 2.70. The molecule has 20 heavy (non-hydrogen) atoms. The van der Waals surface area contributed by atoms with Crippen LogP contribution >= 0.6 is 0 Å². The van der Waals surface area contributed by atoms with Gasteiger partial charge in [-0.2, -0.15) is 4.31 Å². The van der Waals surface area contributed by atoms with Crippen molar-refractivity contribution in [1.29, 1.82) is 0 Å². The smallest absolute Gasteiger partial charge is 0.244 e. The first kappa shape index (κ1) is 14.8. The number of carbonyl (C=O) groups excluding carboxylic acids is 1. The van der Waals surface area contributed by atoms with Crippen LogP contribution in [0.25, 0.3) is 0 Å². The van der Waals surface area contributed by atoms with Crippen molar-refractivity contribution in [3.05, 3.63) is 23.8 Å². The number of sulfonamides is 1. The zero-order valence-corrected chi connectivity index (χ0v) is 12.4. The lowest BCUT2D eigenvalue weighted by molar-refractivity contribution is -0.126. The maximum atomic E-state index is 12.7. The van der Waals surface area contributed by atoms with Gasteiger partial charge < -0.3 is 11.1 Å². The summed E-state index contributed by atoms with van der Waals surface area (Å²) in [5.74, 6) is -0.240. The monoisotopic (exact) mass is 297 g/mol. The summed E-state index contributed by atoms with van der Waals surface area (Å²) in [7, 11) is -3.69. The highest BCUT2D eigenvalue weighted by atomic mass is 32.2. The predicted molar refractivity (Wildman–Crippen MR) is 76.6 cm³/mol. The molecule has 6 nitrogen and oxygen atoms in total. The zero-order valence-electron chi connectivity index (χ0n) is 11.6. The van der Waals surface area contributed by atoms with E-state index in [1.54, 1.807) is 26.0 Å². The molecule has 110 valence electrons. The highest BCUT2D eigenvalue weighted by Crippen LogP contribution is 2.25. The Labute approximate surface area is 119 Å². The van der Waals surface area contributed by atoms with E-state index < -0.39 is 16.1 Å². The second kappa shape index (κ2) is 5.41. The van der Waals surface area contributed by atoms with Crippen molar-refractivity contribution in [2.24, 2.45) is 0 Å². The molecule has 0 aromatic heterocycles. The summed E-state index contributed by atoms with van der Waals surface area (Å²) >= 11 is 0. The third kappa shape index (κ3) is 2.51. The maximum Gasteiger partial charge on any atom is 0.244 e. The van der Waals surface area contributed by atoms with Crippen molar-refractivity contribution in [1.82, 2.24) is 9.62 Å². The Kier molecular flexibility index (Phi) is 4.01. The zero-order chi connectivity index (χ0) is 14.9. The van der Waals surface area contributed by atoms with Gasteiger partial charge in [0, 0.05) is 18.8 Å². The lowest BCUT2D eigenvalue weighted by Gasteiger charge is -2.33. The van der Waals surface area contributed by atoms with Crippen LogP contribution in [0.4, 0.5) is 5.69 Å². The number of nitrogens with one attached hydrogen (secondary N) is 1. The van der Waals surface area contributed by atoms with E-state index >= 15 is 0 Å². The fourth-order valence-corrected chi connectivity index (χ4v) is 4.33. The molecule has 0 aliphatic carbocycles. The highest BCUT2D eigenvalue weighted by molar-refractivity contribution is 7.89. The molecule has 0 spiro atoms. The summed E-state index contributed by atoms with van der Waals surface area (Å²) < 4.78 is 26.8. The number of nitrogens with two attached hydrogens (primary N) is 1. The van der Waals surface area contributed by atoms with Crippen LogP contribution in [-0.4, -0.2) is 37.8 Å². The number of benzene rings is 1. The van der Waals surface area contributed by atoms with Crippen molar-refractivity contribution >= 4 is 21.6 Å². The standard InChI is InChI=1S/C13H19N3O3S/c1-3-11-13(17)15-6-7-16(11)20(18,19)12-5-4-10(14)8-9(12)2/h4-5,8,11H,3,6-7,14H2,1-2H3,(H,15,17). The van der Waals surface area contributed by atoms with E-state index in [9.17, 15) is 13.2 Å². The molecule has 1 amide bonds. The number of hydrogen-bond donors (Lipinski definition) is 2. The van der Waals surface area contributed by atoms with Crippen LogP contribution in [0.3, 0.4) is 0 Å². The van der Waals surface area contributed by atoms with Gasteiger partial charge >= 0.3 is 0 Å². The van der Waals surface area contributed by atoms with Crippen molar-refractivity contribution in [2.75, 3.05) is 18.8 Å².